The second-order valence-corrected chi connectivity index (χ2v) is 5.62. The number of nitrogens with zero attached hydrogens (tertiary/aromatic N) is 1. The minimum absolute atomic E-state index is 0.175. The number of hydrogen-bond donors (Lipinski definition) is 1. The van der Waals surface area contributed by atoms with Crippen molar-refractivity contribution in [2.45, 2.75) is 10.8 Å². The molecule has 1 aromatic heterocycles. The van der Waals surface area contributed by atoms with Crippen molar-refractivity contribution in [3.63, 3.8) is 0 Å². The number of aromatic nitrogens is 1. The second-order valence-electron chi connectivity index (χ2n) is 3.71. The molecule has 0 aliphatic rings. The summed E-state index contributed by atoms with van der Waals surface area (Å²) in [4.78, 5) is 14.9. The zero-order valence-electron chi connectivity index (χ0n) is 9.64. The maximum absolute atomic E-state index is 13.6. The summed E-state index contributed by atoms with van der Waals surface area (Å²) in [6.45, 7) is 0. The van der Waals surface area contributed by atoms with Gasteiger partial charge in [0.25, 0.3) is 0 Å². The van der Waals surface area contributed by atoms with Gasteiger partial charge in [0, 0.05) is 16.4 Å². The van der Waals surface area contributed by atoms with Gasteiger partial charge in [-0.15, -0.1) is 11.8 Å². The van der Waals surface area contributed by atoms with Gasteiger partial charge in [-0.25, -0.2) is 14.2 Å². The lowest BCUT2D eigenvalue weighted by molar-refractivity contribution is 0.0696. The van der Waals surface area contributed by atoms with Gasteiger partial charge in [0.15, 0.2) is 0 Å². The van der Waals surface area contributed by atoms with Crippen LogP contribution in [0.5, 0.6) is 0 Å². The van der Waals surface area contributed by atoms with Crippen LogP contribution in [0, 0.1) is 5.82 Å². The monoisotopic (exact) mass is 341 g/mol. The van der Waals surface area contributed by atoms with Crippen LogP contribution in [-0.4, -0.2) is 16.1 Å². The number of benzene rings is 1. The highest BCUT2D eigenvalue weighted by Crippen LogP contribution is 2.24. The van der Waals surface area contributed by atoms with Gasteiger partial charge in [-0.05, 0) is 29.8 Å². The molecule has 2 rings (SSSR count). The maximum atomic E-state index is 13.6. The molecule has 0 aliphatic heterocycles. The van der Waals surface area contributed by atoms with E-state index in [1.165, 1.54) is 36.2 Å². The third kappa shape index (κ3) is 3.78. The van der Waals surface area contributed by atoms with Gasteiger partial charge < -0.3 is 5.11 Å². The zero-order chi connectivity index (χ0) is 13.8. The van der Waals surface area contributed by atoms with Crippen molar-refractivity contribution in [2.24, 2.45) is 0 Å². The topological polar surface area (TPSA) is 50.2 Å². The van der Waals surface area contributed by atoms with Crippen molar-refractivity contribution in [1.29, 1.82) is 0 Å². The molecule has 0 saturated carbocycles. The van der Waals surface area contributed by atoms with E-state index in [-0.39, 0.29) is 11.4 Å². The molecule has 0 fully saturated rings. The number of carboxylic acid groups (broad SMARTS) is 1. The lowest BCUT2D eigenvalue weighted by Gasteiger charge is -2.04. The molecule has 1 heterocycles. The van der Waals surface area contributed by atoms with Crippen molar-refractivity contribution in [3.8, 4) is 0 Å². The molecule has 19 heavy (non-hydrogen) atoms. The van der Waals surface area contributed by atoms with E-state index in [4.69, 9.17) is 5.11 Å². The van der Waals surface area contributed by atoms with Gasteiger partial charge in [0.2, 0.25) is 0 Å². The molecule has 1 aromatic carbocycles. The quantitative estimate of drug-likeness (QED) is 0.854. The minimum atomic E-state index is -1.00. The van der Waals surface area contributed by atoms with Crippen LogP contribution in [0.1, 0.15) is 15.9 Å². The predicted molar refractivity (Wildman–Crippen MR) is 74.9 cm³/mol. The second kappa shape index (κ2) is 6.16. The van der Waals surface area contributed by atoms with Crippen LogP contribution in [0.15, 0.2) is 46.0 Å². The SMILES string of the molecule is O=C(O)c1ccnc(SCc2ccc(Br)cc2F)c1. The number of hydrogen-bond acceptors (Lipinski definition) is 3. The number of pyridine rings is 1. The lowest BCUT2D eigenvalue weighted by Crippen LogP contribution is -1.97. The molecule has 0 atom stereocenters. The van der Waals surface area contributed by atoms with Gasteiger partial charge in [-0.3, -0.25) is 0 Å². The van der Waals surface area contributed by atoms with Crippen LogP contribution in [0.25, 0.3) is 0 Å². The van der Waals surface area contributed by atoms with E-state index in [0.717, 1.165) is 0 Å². The molecular formula is C13H9BrFNO2S. The summed E-state index contributed by atoms with van der Waals surface area (Å²) in [6.07, 6.45) is 1.43. The van der Waals surface area contributed by atoms with E-state index in [0.29, 0.717) is 20.8 Å². The molecule has 0 saturated heterocycles. The fraction of sp³-hybridized carbons (Fsp3) is 0.0769. The van der Waals surface area contributed by atoms with Crippen LogP contribution < -0.4 is 0 Å². The molecular weight excluding hydrogens is 333 g/mol. The Morgan fingerprint density at radius 1 is 1.37 bits per heavy atom. The van der Waals surface area contributed by atoms with Crippen LogP contribution in [0.2, 0.25) is 0 Å². The largest absolute Gasteiger partial charge is 0.478 e. The Morgan fingerprint density at radius 3 is 2.84 bits per heavy atom. The molecule has 98 valence electrons. The third-order valence-corrected chi connectivity index (χ3v) is 3.84. The molecule has 0 amide bonds. The minimum Gasteiger partial charge on any atom is -0.478 e. The summed E-state index contributed by atoms with van der Waals surface area (Å²) >= 11 is 4.49. The van der Waals surface area contributed by atoms with Gasteiger partial charge in [0.1, 0.15) is 5.82 Å². The standard InChI is InChI=1S/C13H9BrFNO2S/c14-10-2-1-9(11(15)6-10)7-19-12-5-8(13(17)18)3-4-16-12/h1-6H,7H2,(H,17,18). The van der Waals surface area contributed by atoms with Crippen molar-refractivity contribution in [2.75, 3.05) is 0 Å². The smallest absolute Gasteiger partial charge is 0.335 e. The average Bonchev–Trinajstić information content (AvgIpc) is 2.38. The van der Waals surface area contributed by atoms with E-state index in [1.54, 1.807) is 12.1 Å². The average molecular weight is 342 g/mol. The number of halogens is 2. The molecule has 0 spiro atoms. The summed E-state index contributed by atoms with van der Waals surface area (Å²) in [5.74, 6) is -0.898. The summed E-state index contributed by atoms with van der Waals surface area (Å²) in [7, 11) is 0. The summed E-state index contributed by atoms with van der Waals surface area (Å²) in [5, 5.41) is 9.42. The molecule has 0 aliphatic carbocycles. The number of carboxylic acids is 1. The normalized spacial score (nSPS) is 10.4. The van der Waals surface area contributed by atoms with Crippen LogP contribution in [0.4, 0.5) is 4.39 Å². The molecule has 0 unspecified atom stereocenters. The Morgan fingerprint density at radius 2 is 2.16 bits per heavy atom. The maximum Gasteiger partial charge on any atom is 0.335 e. The van der Waals surface area contributed by atoms with Gasteiger partial charge in [-0.2, -0.15) is 0 Å². The van der Waals surface area contributed by atoms with Crippen molar-refractivity contribution in [1.82, 2.24) is 4.98 Å². The first kappa shape index (κ1) is 14.0. The summed E-state index contributed by atoms with van der Waals surface area (Å²) in [5.41, 5.74) is 0.726. The molecule has 2 aromatic rings. The Hall–Kier alpha value is -1.40. The van der Waals surface area contributed by atoms with Crippen LogP contribution in [0.3, 0.4) is 0 Å². The van der Waals surface area contributed by atoms with Crippen molar-refractivity contribution in [3.05, 3.63) is 57.9 Å². The molecule has 3 nitrogen and oxygen atoms in total. The number of thioether (sulfide) groups is 1. The highest BCUT2D eigenvalue weighted by atomic mass is 79.9. The van der Waals surface area contributed by atoms with Crippen LogP contribution >= 0.6 is 27.7 Å². The Labute approximate surface area is 122 Å². The van der Waals surface area contributed by atoms with E-state index >= 15 is 0 Å². The van der Waals surface area contributed by atoms with Gasteiger partial charge >= 0.3 is 5.97 Å². The first-order valence-corrected chi connectivity index (χ1v) is 7.10. The summed E-state index contributed by atoms with van der Waals surface area (Å²) < 4.78 is 14.3. The predicted octanol–water partition coefficient (Wildman–Crippen LogP) is 3.97. The number of carbonyl (C=O) groups is 1. The van der Waals surface area contributed by atoms with Crippen LogP contribution in [-0.2, 0) is 5.75 Å². The fourth-order valence-corrected chi connectivity index (χ4v) is 2.63. The molecule has 6 heteroatoms. The molecule has 0 radical (unpaired) electrons. The third-order valence-electron chi connectivity index (χ3n) is 2.37. The first-order valence-electron chi connectivity index (χ1n) is 5.32. The van der Waals surface area contributed by atoms with Gasteiger partial charge in [0.05, 0.1) is 10.6 Å². The first-order chi connectivity index (χ1) is 9.06. The number of aromatic carboxylic acids is 1. The van der Waals surface area contributed by atoms with E-state index in [9.17, 15) is 9.18 Å². The highest BCUT2D eigenvalue weighted by molar-refractivity contribution is 9.10. The molecule has 1 N–H and O–H groups in total. The lowest BCUT2D eigenvalue weighted by atomic mass is 10.2. The van der Waals surface area contributed by atoms with E-state index in [1.807, 2.05) is 0 Å². The Bertz CT molecular complexity index is 621. The fourth-order valence-electron chi connectivity index (χ4n) is 1.41. The molecule has 0 bridgehead atoms. The van der Waals surface area contributed by atoms with Crippen molar-refractivity contribution < 1.29 is 14.3 Å². The van der Waals surface area contributed by atoms with E-state index < -0.39 is 5.97 Å². The van der Waals surface area contributed by atoms with E-state index in [2.05, 4.69) is 20.9 Å². The highest BCUT2D eigenvalue weighted by Gasteiger charge is 2.07. The Kier molecular flexibility index (Phi) is 4.55. The zero-order valence-corrected chi connectivity index (χ0v) is 12.0. The Balaban J connectivity index is 2.10. The number of rotatable bonds is 4. The van der Waals surface area contributed by atoms with Gasteiger partial charge in [-0.1, -0.05) is 22.0 Å². The summed E-state index contributed by atoms with van der Waals surface area (Å²) in [6, 6.07) is 7.75. The van der Waals surface area contributed by atoms with Crippen molar-refractivity contribution >= 4 is 33.7 Å².